The first-order chi connectivity index (χ1) is 9.82. The molecule has 21 heavy (non-hydrogen) atoms. The summed E-state index contributed by atoms with van der Waals surface area (Å²) >= 11 is 0. The predicted octanol–water partition coefficient (Wildman–Crippen LogP) is 1.96. The number of benzene rings is 1. The minimum Gasteiger partial charge on any atom is -0.497 e. The summed E-state index contributed by atoms with van der Waals surface area (Å²) < 4.78 is 5.21. The minimum absolute atomic E-state index is 0.0818. The number of methoxy groups -OCH3 is 1. The Morgan fingerprint density at radius 2 is 2.00 bits per heavy atom. The van der Waals surface area contributed by atoms with Gasteiger partial charge in [0.25, 0.3) is 0 Å². The zero-order chi connectivity index (χ0) is 15.6. The lowest BCUT2D eigenvalue weighted by Gasteiger charge is -2.32. The van der Waals surface area contributed by atoms with Gasteiger partial charge in [-0.05, 0) is 17.5 Å². The van der Waals surface area contributed by atoms with Crippen molar-refractivity contribution in [3.63, 3.8) is 0 Å². The van der Waals surface area contributed by atoms with Crippen LogP contribution < -0.4 is 15.0 Å². The summed E-state index contributed by atoms with van der Waals surface area (Å²) in [6.45, 7) is 6.23. The molecule has 1 unspecified atom stereocenters. The smallest absolute Gasteiger partial charge is 0.250 e. The molecule has 1 heterocycles. The number of carbonyl (C=O) groups is 2. The van der Waals surface area contributed by atoms with Crippen molar-refractivity contribution < 1.29 is 14.3 Å². The Bertz CT molecular complexity index is 549. The van der Waals surface area contributed by atoms with E-state index in [9.17, 15) is 9.59 Å². The molecular weight excluding hydrogens is 268 g/mol. The molecule has 0 aliphatic carbocycles. The number of rotatable bonds is 2. The number of nitrogens with zero attached hydrogens (tertiary/aromatic N) is 1. The van der Waals surface area contributed by atoms with E-state index in [0.29, 0.717) is 18.7 Å². The lowest BCUT2D eigenvalue weighted by atomic mass is 9.86. The Morgan fingerprint density at radius 1 is 1.29 bits per heavy atom. The summed E-state index contributed by atoms with van der Waals surface area (Å²) in [6, 6.07) is 6.81. The second-order valence-corrected chi connectivity index (χ2v) is 6.31. The lowest BCUT2D eigenvalue weighted by Crippen LogP contribution is -2.52. The van der Waals surface area contributed by atoms with E-state index in [4.69, 9.17) is 4.74 Å². The first-order valence-corrected chi connectivity index (χ1v) is 7.08. The van der Waals surface area contributed by atoms with Gasteiger partial charge < -0.3 is 15.0 Å². The van der Waals surface area contributed by atoms with Crippen molar-refractivity contribution in [2.45, 2.75) is 33.2 Å². The molecule has 2 rings (SSSR count). The average Bonchev–Trinajstić information content (AvgIpc) is 2.58. The van der Waals surface area contributed by atoms with Crippen molar-refractivity contribution in [3.8, 4) is 5.75 Å². The Hall–Kier alpha value is -2.04. The van der Waals surface area contributed by atoms with Crippen LogP contribution in [0.1, 0.15) is 27.2 Å². The fourth-order valence-electron chi connectivity index (χ4n) is 2.40. The molecule has 5 nitrogen and oxygen atoms in total. The highest BCUT2D eigenvalue weighted by molar-refractivity contribution is 6.01. The van der Waals surface area contributed by atoms with Gasteiger partial charge in [-0.15, -0.1) is 0 Å². The number of carbonyl (C=O) groups excluding carboxylic acids is 2. The normalized spacial score (nSPS) is 20.0. The van der Waals surface area contributed by atoms with E-state index in [1.165, 1.54) is 0 Å². The lowest BCUT2D eigenvalue weighted by molar-refractivity contribution is -0.127. The van der Waals surface area contributed by atoms with E-state index in [1.54, 1.807) is 12.0 Å². The molecule has 2 amide bonds. The van der Waals surface area contributed by atoms with Crippen LogP contribution in [0.4, 0.5) is 5.69 Å². The van der Waals surface area contributed by atoms with Crippen molar-refractivity contribution >= 4 is 17.5 Å². The highest BCUT2D eigenvalue weighted by Gasteiger charge is 2.38. The van der Waals surface area contributed by atoms with Gasteiger partial charge in [-0.25, -0.2) is 0 Å². The summed E-state index contributed by atoms with van der Waals surface area (Å²) in [5.41, 5.74) is 0.416. The van der Waals surface area contributed by atoms with Gasteiger partial charge in [0.05, 0.1) is 7.11 Å². The number of anilines is 1. The third kappa shape index (κ3) is 3.35. The Morgan fingerprint density at radius 3 is 2.62 bits per heavy atom. The maximum absolute atomic E-state index is 12.8. The molecular formula is C16H22N2O3. The van der Waals surface area contributed by atoms with E-state index < -0.39 is 6.04 Å². The molecule has 114 valence electrons. The molecule has 1 aliphatic rings. The maximum atomic E-state index is 12.8. The van der Waals surface area contributed by atoms with Gasteiger partial charge in [-0.3, -0.25) is 9.59 Å². The minimum atomic E-state index is -0.529. The molecule has 5 heteroatoms. The average molecular weight is 290 g/mol. The van der Waals surface area contributed by atoms with Crippen molar-refractivity contribution in [1.82, 2.24) is 5.32 Å². The van der Waals surface area contributed by atoms with Crippen LogP contribution in [0.15, 0.2) is 24.3 Å². The quantitative estimate of drug-likeness (QED) is 0.906. The van der Waals surface area contributed by atoms with Crippen LogP contribution in [0.5, 0.6) is 5.75 Å². The molecule has 1 aromatic rings. The van der Waals surface area contributed by atoms with Gasteiger partial charge in [0.1, 0.15) is 11.8 Å². The van der Waals surface area contributed by atoms with Crippen LogP contribution >= 0.6 is 0 Å². The number of amides is 2. The van der Waals surface area contributed by atoms with E-state index >= 15 is 0 Å². The summed E-state index contributed by atoms with van der Waals surface area (Å²) in [5, 5.41) is 2.84. The summed E-state index contributed by atoms with van der Waals surface area (Å²) in [5.74, 6) is 0.520. The van der Waals surface area contributed by atoms with Crippen LogP contribution in [0.2, 0.25) is 0 Å². The fourth-order valence-corrected chi connectivity index (χ4v) is 2.40. The molecule has 1 aliphatic heterocycles. The van der Waals surface area contributed by atoms with E-state index in [2.05, 4.69) is 5.32 Å². The highest BCUT2D eigenvalue weighted by Crippen LogP contribution is 2.27. The van der Waals surface area contributed by atoms with Crippen LogP contribution in [-0.2, 0) is 9.59 Å². The summed E-state index contributed by atoms with van der Waals surface area (Å²) in [7, 11) is 1.59. The van der Waals surface area contributed by atoms with Crippen LogP contribution in [0, 0.1) is 5.41 Å². The standard InChI is InChI=1S/C16H22N2O3/c1-16(2,3)14-15(20)18(9-8-13(19)17-14)11-6-5-7-12(10-11)21-4/h5-7,10,14H,8-9H2,1-4H3,(H,17,19). The Balaban J connectivity index is 2.37. The highest BCUT2D eigenvalue weighted by atomic mass is 16.5. The van der Waals surface area contributed by atoms with Gasteiger partial charge in [0.2, 0.25) is 11.8 Å². The van der Waals surface area contributed by atoms with E-state index in [0.717, 1.165) is 5.69 Å². The van der Waals surface area contributed by atoms with E-state index in [1.807, 2.05) is 45.0 Å². The third-order valence-corrected chi connectivity index (χ3v) is 3.61. The van der Waals surface area contributed by atoms with Crippen LogP contribution in [-0.4, -0.2) is 31.5 Å². The molecule has 1 atom stereocenters. The number of hydrogen-bond acceptors (Lipinski definition) is 3. The zero-order valence-electron chi connectivity index (χ0n) is 13.0. The van der Waals surface area contributed by atoms with Crippen molar-refractivity contribution in [2.24, 2.45) is 5.41 Å². The summed E-state index contributed by atoms with van der Waals surface area (Å²) in [4.78, 5) is 26.3. The molecule has 0 bridgehead atoms. The van der Waals surface area contributed by atoms with Crippen molar-refractivity contribution in [3.05, 3.63) is 24.3 Å². The molecule has 0 spiro atoms. The Labute approximate surface area is 125 Å². The third-order valence-electron chi connectivity index (χ3n) is 3.61. The molecule has 1 N–H and O–H groups in total. The molecule has 0 radical (unpaired) electrons. The maximum Gasteiger partial charge on any atom is 0.250 e. The van der Waals surface area contributed by atoms with Gasteiger partial charge in [-0.2, -0.15) is 0 Å². The summed E-state index contributed by atoms with van der Waals surface area (Å²) in [6.07, 6.45) is 0.301. The first-order valence-electron chi connectivity index (χ1n) is 7.08. The molecule has 1 fully saturated rings. The predicted molar refractivity (Wildman–Crippen MR) is 81.3 cm³/mol. The number of nitrogens with one attached hydrogen (secondary N) is 1. The molecule has 0 saturated carbocycles. The SMILES string of the molecule is COc1cccc(N2CCC(=O)NC(C(C)(C)C)C2=O)c1. The molecule has 0 aromatic heterocycles. The van der Waals surface area contributed by atoms with E-state index in [-0.39, 0.29) is 17.2 Å². The second-order valence-electron chi connectivity index (χ2n) is 6.31. The topological polar surface area (TPSA) is 58.6 Å². The van der Waals surface area contributed by atoms with Crippen LogP contribution in [0.3, 0.4) is 0 Å². The van der Waals surface area contributed by atoms with Crippen molar-refractivity contribution in [2.75, 3.05) is 18.6 Å². The number of hydrogen-bond donors (Lipinski definition) is 1. The number of ether oxygens (including phenoxy) is 1. The largest absolute Gasteiger partial charge is 0.497 e. The zero-order valence-corrected chi connectivity index (χ0v) is 13.0. The first kappa shape index (κ1) is 15.4. The monoisotopic (exact) mass is 290 g/mol. The fraction of sp³-hybridized carbons (Fsp3) is 0.500. The van der Waals surface area contributed by atoms with Gasteiger partial charge in [0.15, 0.2) is 0 Å². The van der Waals surface area contributed by atoms with Gasteiger partial charge in [-0.1, -0.05) is 26.8 Å². The second kappa shape index (κ2) is 5.76. The van der Waals surface area contributed by atoms with Gasteiger partial charge >= 0.3 is 0 Å². The molecule has 1 saturated heterocycles. The Kier molecular flexibility index (Phi) is 4.21. The van der Waals surface area contributed by atoms with Crippen LogP contribution in [0.25, 0.3) is 0 Å². The van der Waals surface area contributed by atoms with Crippen molar-refractivity contribution in [1.29, 1.82) is 0 Å². The van der Waals surface area contributed by atoms with Gasteiger partial charge in [0, 0.05) is 24.7 Å². The molecule has 1 aromatic carbocycles.